The molecular weight excluding hydrogens is 847 g/mol. The number of carbonyl (C=O) groups is 1. The zero-order valence-electron chi connectivity index (χ0n) is 41.3. The van der Waals surface area contributed by atoms with Crippen LogP contribution in [0.4, 0.5) is 0 Å². The van der Waals surface area contributed by atoms with Crippen LogP contribution in [0.2, 0.25) is 0 Å². The van der Waals surface area contributed by atoms with E-state index >= 15 is 0 Å². The van der Waals surface area contributed by atoms with Gasteiger partial charge < -0.3 is 35.2 Å². The summed E-state index contributed by atoms with van der Waals surface area (Å²) < 4.78 is 47.7. The minimum atomic E-state index is -5.09. The summed E-state index contributed by atoms with van der Waals surface area (Å²) in [7, 11) is -5.09. The summed E-state index contributed by atoms with van der Waals surface area (Å²) in [4.78, 5) is 13.1. The Labute approximate surface area is 397 Å². The van der Waals surface area contributed by atoms with Crippen LogP contribution < -0.4 is 5.32 Å². The third-order valence-electron chi connectivity index (χ3n) is 12.7. The van der Waals surface area contributed by atoms with E-state index in [4.69, 9.17) is 9.47 Å². The molecule has 7 atom stereocenters. The van der Waals surface area contributed by atoms with Gasteiger partial charge in [0.2, 0.25) is 5.91 Å². The van der Waals surface area contributed by atoms with Crippen molar-refractivity contribution in [2.24, 2.45) is 0 Å². The van der Waals surface area contributed by atoms with Crippen LogP contribution in [0.25, 0.3) is 0 Å². The molecule has 0 bridgehead atoms. The Hall–Kier alpha value is -1.42. The summed E-state index contributed by atoms with van der Waals surface area (Å²) in [6.45, 7) is 3.40. The third kappa shape index (κ3) is 35.4. The number of nitrogens with one attached hydrogen (secondary N) is 1. The van der Waals surface area contributed by atoms with E-state index in [0.717, 1.165) is 44.9 Å². The summed E-state index contributed by atoms with van der Waals surface area (Å²) >= 11 is 0. The molecule has 0 aromatic heterocycles. The first-order valence-corrected chi connectivity index (χ1v) is 28.1. The average Bonchev–Trinajstić information content (AvgIpc) is 3.28. The van der Waals surface area contributed by atoms with Crippen molar-refractivity contribution in [2.45, 2.75) is 288 Å². The molecular formula is C52H99NO11S. The Balaban J connectivity index is 2.42. The van der Waals surface area contributed by atoms with Crippen molar-refractivity contribution >= 4 is 16.3 Å². The number of aliphatic hydroxyl groups is 4. The lowest BCUT2D eigenvalue weighted by Crippen LogP contribution is -2.61. The van der Waals surface area contributed by atoms with Crippen LogP contribution in [0.15, 0.2) is 24.3 Å². The SMILES string of the molecule is CCCCCC/C=C\CCCCCCCCCC(=O)NC(COC1OC(CO)C(O)C(OS(=O)(=O)O)C1O)C(O)/C=C/CCCCCCCCCCCCCCCCCCCCCCC. The van der Waals surface area contributed by atoms with E-state index in [9.17, 15) is 38.2 Å². The highest BCUT2D eigenvalue weighted by Gasteiger charge is 2.48. The lowest BCUT2D eigenvalue weighted by Gasteiger charge is -2.41. The van der Waals surface area contributed by atoms with Gasteiger partial charge in [0.15, 0.2) is 6.29 Å². The number of unbranched alkanes of at least 4 members (excludes halogenated alkanes) is 32. The Morgan fingerprint density at radius 2 is 0.985 bits per heavy atom. The maximum Gasteiger partial charge on any atom is 0.397 e. The lowest BCUT2D eigenvalue weighted by atomic mass is 9.99. The average molecular weight is 946 g/mol. The Kier molecular flexibility index (Phi) is 40.4. The number of rotatable bonds is 46. The van der Waals surface area contributed by atoms with Gasteiger partial charge in [-0.1, -0.05) is 218 Å². The minimum absolute atomic E-state index is 0.265. The number of hydrogen-bond acceptors (Lipinski definition) is 10. The highest BCUT2D eigenvalue weighted by atomic mass is 32.3. The third-order valence-corrected chi connectivity index (χ3v) is 13.2. The molecule has 1 aliphatic rings. The van der Waals surface area contributed by atoms with Gasteiger partial charge in [0.25, 0.3) is 0 Å². The van der Waals surface area contributed by atoms with E-state index in [1.54, 1.807) is 6.08 Å². The highest BCUT2D eigenvalue weighted by molar-refractivity contribution is 7.80. The normalized spacial score (nSPS) is 20.3. The second-order valence-corrected chi connectivity index (χ2v) is 19.9. The van der Waals surface area contributed by atoms with Gasteiger partial charge in [-0.05, 0) is 44.9 Å². The highest BCUT2D eigenvalue weighted by Crippen LogP contribution is 2.26. The van der Waals surface area contributed by atoms with Gasteiger partial charge in [0.05, 0.1) is 25.4 Å². The van der Waals surface area contributed by atoms with Crippen LogP contribution >= 0.6 is 0 Å². The zero-order chi connectivity index (χ0) is 47.6. The number of ether oxygens (including phenoxy) is 2. The number of hydrogen-bond donors (Lipinski definition) is 6. The quantitative estimate of drug-likeness (QED) is 0.0193. The first-order chi connectivity index (χ1) is 31.5. The number of aliphatic hydroxyl groups excluding tert-OH is 4. The van der Waals surface area contributed by atoms with Gasteiger partial charge in [-0.2, -0.15) is 8.42 Å². The molecule has 13 heteroatoms. The molecule has 0 spiro atoms. The molecule has 0 radical (unpaired) electrons. The maximum absolute atomic E-state index is 13.1. The van der Waals surface area contributed by atoms with Gasteiger partial charge in [0.1, 0.15) is 24.4 Å². The van der Waals surface area contributed by atoms with Crippen molar-refractivity contribution in [3.05, 3.63) is 24.3 Å². The van der Waals surface area contributed by atoms with Crippen molar-refractivity contribution < 1.29 is 51.8 Å². The van der Waals surface area contributed by atoms with Crippen LogP contribution in [0.5, 0.6) is 0 Å². The van der Waals surface area contributed by atoms with E-state index in [2.05, 4.69) is 35.5 Å². The summed E-state index contributed by atoms with van der Waals surface area (Å²) in [5.74, 6) is -0.266. The lowest BCUT2D eigenvalue weighted by molar-refractivity contribution is -0.298. The molecule has 0 aliphatic carbocycles. The second-order valence-electron chi connectivity index (χ2n) is 18.8. The fourth-order valence-corrected chi connectivity index (χ4v) is 9.08. The van der Waals surface area contributed by atoms with Crippen molar-refractivity contribution in [3.63, 3.8) is 0 Å². The molecule has 7 unspecified atom stereocenters. The standard InChI is InChI=1S/C52H99NO11S/c1-3-5-7-9-11-13-15-17-19-20-21-22-23-24-25-26-28-29-31-33-35-37-39-41-46(55)45(44-62-52-50(58)51(64-65(59,60)61)49(57)47(43-54)63-52)53-48(56)42-40-38-36-34-32-30-27-18-16-14-12-10-8-6-4-2/h14,16,39,41,45-47,49-52,54-55,57-58H,3-13,15,17-38,40,42-44H2,1-2H3,(H,53,56)(H,59,60,61)/b16-14-,41-39+. The topological polar surface area (TPSA) is 192 Å². The van der Waals surface area contributed by atoms with Crippen LogP contribution in [0.3, 0.4) is 0 Å². The van der Waals surface area contributed by atoms with Crippen molar-refractivity contribution in [1.82, 2.24) is 5.32 Å². The molecule has 0 saturated carbocycles. The van der Waals surface area contributed by atoms with E-state index < -0.39 is 59.9 Å². The largest absolute Gasteiger partial charge is 0.397 e. The smallest absolute Gasteiger partial charge is 0.394 e. The van der Waals surface area contributed by atoms with Crippen LogP contribution in [-0.4, -0.2) is 95.4 Å². The second kappa shape index (κ2) is 42.7. The minimum Gasteiger partial charge on any atom is -0.394 e. The van der Waals surface area contributed by atoms with E-state index in [0.29, 0.717) is 6.42 Å². The fraction of sp³-hybridized carbons (Fsp3) is 0.904. The van der Waals surface area contributed by atoms with Crippen LogP contribution in [0, 0.1) is 0 Å². The Morgan fingerprint density at radius 1 is 0.600 bits per heavy atom. The summed E-state index contributed by atoms with van der Waals surface area (Å²) in [6, 6.07) is -0.944. The van der Waals surface area contributed by atoms with E-state index in [-0.39, 0.29) is 18.9 Å². The summed E-state index contributed by atoms with van der Waals surface area (Å²) in [5, 5.41) is 44.9. The number of amides is 1. The van der Waals surface area contributed by atoms with Crippen molar-refractivity contribution in [3.8, 4) is 0 Å². The number of allylic oxidation sites excluding steroid dienone is 3. The summed E-state index contributed by atoms with van der Waals surface area (Å²) in [6.07, 6.45) is 42.2. The van der Waals surface area contributed by atoms with Crippen molar-refractivity contribution in [1.29, 1.82) is 0 Å². The molecule has 12 nitrogen and oxygen atoms in total. The van der Waals surface area contributed by atoms with Gasteiger partial charge in [-0.25, -0.2) is 4.18 Å². The fourth-order valence-electron chi connectivity index (χ4n) is 8.57. The molecule has 1 amide bonds. The monoisotopic (exact) mass is 946 g/mol. The maximum atomic E-state index is 13.1. The van der Waals surface area contributed by atoms with Crippen LogP contribution in [0.1, 0.15) is 245 Å². The molecule has 0 aromatic carbocycles. The first kappa shape index (κ1) is 61.6. The van der Waals surface area contributed by atoms with Gasteiger partial charge in [-0.15, -0.1) is 0 Å². The first-order valence-electron chi connectivity index (χ1n) is 26.7. The molecule has 1 heterocycles. The van der Waals surface area contributed by atoms with E-state index in [1.807, 2.05) is 6.08 Å². The van der Waals surface area contributed by atoms with Gasteiger partial charge in [0, 0.05) is 6.42 Å². The molecule has 1 saturated heterocycles. The summed E-state index contributed by atoms with van der Waals surface area (Å²) in [5.41, 5.74) is 0. The molecule has 65 heavy (non-hydrogen) atoms. The zero-order valence-corrected chi connectivity index (χ0v) is 42.1. The predicted molar refractivity (Wildman–Crippen MR) is 264 cm³/mol. The van der Waals surface area contributed by atoms with E-state index in [1.165, 1.54) is 173 Å². The van der Waals surface area contributed by atoms with Crippen molar-refractivity contribution in [2.75, 3.05) is 13.2 Å². The molecule has 6 N–H and O–H groups in total. The van der Waals surface area contributed by atoms with Crippen LogP contribution in [-0.2, 0) is 28.9 Å². The molecule has 1 aliphatic heterocycles. The number of carbonyl (C=O) groups excluding carboxylic acids is 1. The Bertz CT molecular complexity index is 1250. The predicted octanol–water partition coefficient (Wildman–Crippen LogP) is 11.7. The Morgan fingerprint density at radius 3 is 1.40 bits per heavy atom. The van der Waals surface area contributed by atoms with Gasteiger partial charge >= 0.3 is 10.4 Å². The molecule has 1 rings (SSSR count). The molecule has 384 valence electrons. The molecule has 0 aromatic rings. The molecule has 1 fully saturated rings. The van der Waals surface area contributed by atoms with Gasteiger partial charge in [-0.3, -0.25) is 9.35 Å².